The van der Waals surface area contributed by atoms with Crippen molar-refractivity contribution >= 4 is 57.2 Å². The Balaban J connectivity index is 1.20. The number of rotatable bonds is 5. The molecule has 8 aromatic rings. The van der Waals surface area contributed by atoms with Crippen molar-refractivity contribution < 1.29 is 9.47 Å². The van der Waals surface area contributed by atoms with Gasteiger partial charge in [-0.05, 0) is 150 Å². The Kier molecular flexibility index (Phi) is 10.3. The molecule has 3 aliphatic rings. The van der Waals surface area contributed by atoms with E-state index in [0.717, 1.165) is 34.2 Å². The Labute approximate surface area is 404 Å². The maximum Gasteiger partial charge on any atom is 0.252 e. The number of nitrogens with zero attached hydrogens (tertiary/aromatic N) is 2. The minimum atomic E-state index is -0.0764. The monoisotopic (exact) mass is 888 g/mol. The van der Waals surface area contributed by atoms with Gasteiger partial charge < -0.3 is 19.3 Å². The molecule has 11 rings (SSSR count). The number of benzene rings is 8. The zero-order valence-electron chi connectivity index (χ0n) is 41.3. The largest absolute Gasteiger partial charge is 0.486 e. The second-order valence-electron chi connectivity index (χ2n) is 22.2. The Bertz CT molecular complexity index is 3150. The zero-order valence-corrected chi connectivity index (χ0v) is 41.3. The van der Waals surface area contributed by atoms with E-state index in [9.17, 15) is 0 Å². The number of para-hydroxylation sites is 1. The maximum absolute atomic E-state index is 6.63. The van der Waals surface area contributed by atoms with Crippen molar-refractivity contribution in [2.24, 2.45) is 0 Å². The lowest BCUT2D eigenvalue weighted by Crippen LogP contribution is -2.61. The minimum Gasteiger partial charge on any atom is -0.486 e. The fourth-order valence-electron chi connectivity index (χ4n) is 10.6. The van der Waals surface area contributed by atoms with Crippen LogP contribution in [0.1, 0.15) is 84.6 Å². The van der Waals surface area contributed by atoms with E-state index in [2.05, 4.69) is 243 Å². The molecule has 338 valence electrons. The number of hydrogen-bond acceptors (Lipinski definition) is 4. The average Bonchev–Trinajstić information content (AvgIpc) is 3.33. The summed E-state index contributed by atoms with van der Waals surface area (Å²) < 4.78 is 12.9. The summed E-state index contributed by atoms with van der Waals surface area (Å²) in [7, 11) is 0. The molecule has 4 nitrogen and oxygen atoms in total. The van der Waals surface area contributed by atoms with Gasteiger partial charge in [0.1, 0.15) is 13.2 Å². The van der Waals surface area contributed by atoms with Crippen LogP contribution in [-0.4, -0.2) is 19.9 Å². The number of aryl methyl sites for hydroxylation is 1. The van der Waals surface area contributed by atoms with Crippen LogP contribution in [0, 0.1) is 6.92 Å². The van der Waals surface area contributed by atoms with Crippen molar-refractivity contribution in [3.63, 3.8) is 0 Å². The van der Waals surface area contributed by atoms with E-state index >= 15 is 0 Å². The molecular weight excluding hydrogens is 828 g/mol. The molecule has 0 aliphatic carbocycles. The highest BCUT2D eigenvalue weighted by atomic mass is 16.6. The van der Waals surface area contributed by atoms with Crippen molar-refractivity contribution in [1.29, 1.82) is 0 Å². The highest BCUT2D eigenvalue weighted by molar-refractivity contribution is 7.00. The van der Waals surface area contributed by atoms with E-state index in [0.29, 0.717) is 13.2 Å². The van der Waals surface area contributed by atoms with Gasteiger partial charge in [0, 0.05) is 28.4 Å². The molecular formula is C63H61BN2O2. The summed E-state index contributed by atoms with van der Waals surface area (Å²) in [6, 6.07) is 62.0. The lowest BCUT2D eigenvalue weighted by molar-refractivity contribution is 0.172. The third kappa shape index (κ3) is 7.57. The van der Waals surface area contributed by atoms with Gasteiger partial charge in [-0.1, -0.05) is 172 Å². The normalized spacial score (nSPS) is 14.1. The summed E-state index contributed by atoms with van der Waals surface area (Å²) in [5.74, 6) is 1.59. The summed E-state index contributed by atoms with van der Waals surface area (Å²) in [5.41, 5.74) is 22.9. The van der Waals surface area contributed by atoms with Crippen molar-refractivity contribution in [2.45, 2.75) is 85.5 Å². The topological polar surface area (TPSA) is 24.9 Å². The van der Waals surface area contributed by atoms with Crippen LogP contribution in [0.3, 0.4) is 0 Å². The SMILES string of the molecule is Cc1cc2c3c(c1)N(c1ccccc1)c1c(ccc4c1OCCO4)B3c1ccc(-c3ccc(C(C)(C)C)cc3)cc1N2c1cc(-c2ccc(C(C)(C)C)cc2)cc(-c2ccc(C(C)(C)C)cc2)c1. The molecule has 5 heteroatoms. The Morgan fingerprint density at radius 3 is 1.44 bits per heavy atom. The molecule has 68 heavy (non-hydrogen) atoms. The van der Waals surface area contributed by atoms with E-state index in [1.54, 1.807) is 0 Å². The van der Waals surface area contributed by atoms with E-state index in [1.165, 1.54) is 83.4 Å². The van der Waals surface area contributed by atoms with E-state index in [1.807, 2.05) is 0 Å². The van der Waals surface area contributed by atoms with Crippen LogP contribution in [0.25, 0.3) is 33.4 Å². The summed E-state index contributed by atoms with van der Waals surface area (Å²) in [6.45, 7) is 23.7. The van der Waals surface area contributed by atoms with Crippen molar-refractivity contribution in [2.75, 3.05) is 23.0 Å². The predicted octanol–water partition coefficient (Wildman–Crippen LogP) is 14.7. The van der Waals surface area contributed by atoms with Gasteiger partial charge in [-0.2, -0.15) is 0 Å². The lowest BCUT2D eigenvalue weighted by atomic mass is 9.33. The molecule has 0 fully saturated rings. The summed E-state index contributed by atoms with van der Waals surface area (Å²) in [5, 5.41) is 0. The first-order valence-electron chi connectivity index (χ1n) is 24.4. The standard InChI is InChI=1S/C63H61BN2O2/c1-40-34-55-58-56(35-40)66(50-14-12-11-13-15-50)59-53(30-31-57-60(59)68-33-32-67-57)64(58)52-29-22-44(41-16-23-47(24-17-41)61(2,3)4)39-54(52)65(55)51-37-45(42-18-25-48(26-19-42)62(5,6)7)36-46(38-51)43-20-27-49(28-21-43)63(8,9)10/h11-31,34-39H,32-33H2,1-10H3. The second kappa shape index (κ2) is 16.1. The van der Waals surface area contributed by atoms with Gasteiger partial charge in [0.25, 0.3) is 6.71 Å². The number of hydrogen-bond donors (Lipinski definition) is 0. The molecule has 0 spiro atoms. The third-order valence-corrected chi connectivity index (χ3v) is 14.3. The fourth-order valence-corrected chi connectivity index (χ4v) is 10.6. The van der Waals surface area contributed by atoms with Gasteiger partial charge in [-0.3, -0.25) is 0 Å². The van der Waals surface area contributed by atoms with E-state index < -0.39 is 0 Å². The predicted molar refractivity (Wildman–Crippen MR) is 289 cm³/mol. The second-order valence-corrected chi connectivity index (χ2v) is 22.2. The number of ether oxygens (including phenoxy) is 2. The highest BCUT2D eigenvalue weighted by Crippen LogP contribution is 2.51. The third-order valence-electron chi connectivity index (χ3n) is 14.3. The first kappa shape index (κ1) is 43.6. The fraction of sp³-hybridized carbons (Fsp3) is 0.238. The first-order valence-corrected chi connectivity index (χ1v) is 24.4. The maximum atomic E-state index is 6.63. The summed E-state index contributed by atoms with van der Waals surface area (Å²) in [4.78, 5) is 4.99. The molecule has 3 aliphatic heterocycles. The van der Waals surface area contributed by atoms with Crippen molar-refractivity contribution in [1.82, 2.24) is 0 Å². The van der Waals surface area contributed by atoms with Crippen LogP contribution < -0.4 is 35.7 Å². The van der Waals surface area contributed by atoms with Gasteiger partial charge in [-0.15, -0.1) is 0 Å². The number of anilines is 6. The molecule has 0 radical (unpaired) electrons. The molecule has 0 N–H and O–H groups in total. The van der Waals surface area contributed by atoms with Crippen molar-refractivity contribution in [3.05, 3.63) is 186 Å². The smallest absolute Gasteiger partial charge is 0.252 e. The van der Waals surface area contributed by atoms with Gasteiger partial charge in [0.15, 0.2) is 11.5 Å². The quantitative estimate of drug-likeness (QED) is 0.161. The van der Waals surface area contributed by atoms with Crippen LogP contribution >= 0.6 is 0 Å². The Morgan fingerprint density at radius 2 is 0.897 bits per heavy atom. The van der Waals surface area contributed by atoms with Gasteiger partial charge in [-0.25, -0.2) is 0 Å². The molecule has 3 heterocycles. The van der Waals surface area contributed by atoms with Crippen LogP contribution in [-0.2, 0) is 16.2 Å². The van der Waals surface area contributed by atoms with Crippen LogP contribution in [0.4, 0.5) is 34.1 Å². The molecule has 0 bridgehead atoms. The van der Waals surface area contributed by atoms with Crippen LogP contribution in [0.15, 0.2) is 164 Å². The lowest BCUT2D eigenvalue weighted by Gasteiger charge is -2.45. The molecule has 0 amide bonds. The number of fused-ring (bicyclic) bond motifs is 6. The highest BCUT2D eigenvalue weighted by Gasteiger charge is 2.45. The van der Waals surface area contributed by atoms with E-state index in [4.69, 9.17) is 9.47 Å². The first-order chi connectivity index (χ1) is 32.5. The molecule has 0 atom stereocenters. The molecule has 0 saturated heterocycles. The van der Waals surface area contributed by atoms with Crippen molar-refractivity contribution in [3.8, 4) is 44.9 Å². The molecule has 0 aromatic heterocycles. The van der Waals surface area contributed by atoms with Gasteiger partial charge in [0.2, 0.25) is 0 Å². The molecule has 0 saturated carbocycles. The van der Waals surface area contributed by atoms with Crippen LogP contribution in [0.2, 0.25) is 0 Å². The average molecular weight is 889 g/mol. The Hall–Kier alpha value is -6.98. The van der Waals surface area contributed by atoms with Gasteiger partial charge in [0.05, 0.1) is 5.69 Å². The Morgan fingerprint density at radius 1 is 0.412 bits per heavy atom. The zero-order chi connectivity index (χ0) is 47.3. The summed E-state index contributed by atoms with van der Waals surface area (Å²) >= 11 is 0. The van der Waals surface area contributed by atoms with Crippen LogP contribution in [0.5, 0.6) is 11.5 Å². The minimum absolute atomic E-state index is 0.0497. The summed E-state index contributed by atoms with van der Waals surface area (Å²) in [6.07, 6.45) is 0. The molecule has 0 unspecified atom stereocenters. The van der Waals surface area contributed by atoms with E-state index in [-0.39, 0.29) is 23.0 Å². The van der Waals surface area contributed by atoms with Gasteiger partial charge >= 0.3 is 0 Å². The molecule has 8 aromatic carbocycles.